The molecule has 0 aliphatic rings. The molecule has 3 aromatic rings. The lowest BCUT2D eigenvalue weighted by atomic mass is 10.2. The largest absolute Gasteiger partial charge is 0.296 e. The molecule has 1 aromatic carbocycles. The molecule has 0 aliphatic carbocycles. The molecule has 3 rings (SSSR count). The van der Waals surface area contributed by atoms with Crippen molar-refractivity contribution in [2.75, 3.05) is 5.32 Å². The number of anilines is 1. The predicted octanol–water partition coefficient (Wildman–Crippen LogP) is 4.20. The Morgan fingerprint density at radius 2 is 2.10 bits per heavy atom. The molecule has 1 amide bonds. The Morgan fingerprint density at radius 3 is 2.76 bits per heavy atom. The number of H-pyrrole nitrogens is 1. The Labute approximate surface area is 137 Å². The second-order valence-electron chi connectivity index (χ2n) is 4.09. The van der Waals surface area contributed by atoms with Crippen molar-refractivity contribution in [3.63, 3.8) is 0 Å². The lowest BCUT2D eigenvalue weighted by molar-refractivity contribution is 0.102. The van der Waals surface area contributed by atoms with Crippen LogP contribution in [0.25, 0.3) is 11.3 Å². The molecule has 2 aromatic heterocycles. The number of benzene rings is 1. The lowest BCUT2D eigenvalue weighted by Crippen LogP contribution is -2.12. The maximum atomic E-state index is 12.0. The van der Waals surface area contributed by atoms with Gasteiger partial charge in [-0.15, -0.1) is 11.3 Å². The van der Waals surface area contributed by atoms with Crippen molar-refractivity contribution < 1.29 is 4.79 Å². The van der Waals surface area contributed by atoms with Gasteiger partial charge < -0.3 is 0 Å². The molecule has 8 heteroatoms. The number of carbonyl (C=O) groups excluding carboxylic acids is 1. The van der Waals surface area contributed by atoms with Gasteiger partial charge in [-0.3, -0.25) is 15.2 Å². The monoisotopic (exact) mass is 382 g/mol. The van der Waals surface area contributed by atoms with E-state index in [0.717, 1.165) is 11.3 Å². The van der Waals surface area contributed by atoms with Crippen molar-refractivity contribution in [3.05, 3.63) is 51.0 Å². The van der Waals surface area contributed by atoms with Gasteiger partial charge in [-0.25, -0.2) is 4.98 Å². The first-order chi connectivity index (χ1) is 10.1. The predicted molar refractivity (Wildman–Crippen MR) is 86.8 cm³/mol. The molecule has 5 nitrogen and oxygen atoms in total. The quantitative estimate of drug-likeness (QED) is 0.712. The van der Waals surface area contributed by atoms with Crippen molar-refractivity contribution in [2.24, 2.45) is 0 Å². The Balaban J connectivity index is 1.78. The van der Waals surface area contributed by atoms with Gasteiger partial charge in [0.2, 0.25) is 0 Å². The van der Waals surface area contributed by atoms with E-state index in [9.17, 15) is 4.79 Å². The van der Waals surface area contributed by atoms with Crippen molar-refractivity contribution in [3.8, 4) is 11.3 Å². The van der Waals surface area contributed by atoms with Gasteiger partial charge in [0.15, 0.2) is 5.13 Å². The van der Waals surface area contributed by atoms with E-state index >= 15 is 0 Å². The van der Waals surface area contributed by atoms with Crippen LogP contribution in [0.1, 0.15) is 10.5 Å². The lowest BCUT2D eigenvalue weighted by Gasteiger charge is -1.99. The highest BCUT2D eigenvalue weighted by Gasteiger charge is 2.14. The zero-order valence-corrected chi connectivity index (χ0v) is 13.6. The number of nitrogens with one attached hydrogen (secondary N) is 2. The van der Waals surface area contributed by atoms with E-state index in [0.29, 0.717) is 20.3 Å². The zero-order valence-electron chi connectivity index (χ0n) is 10.4. The molecule has 106 valence electrons. The third-order valence-corrected chi connectivity index (χ3v) is 4.30. The summed E-state index contributed by atoms with van der Waals surface area (Å²) in [6, 6.07) is 7.37. The molecule has 0 fully saturated rings. The van der Waals surface area contributed by atoms with Crippen LogP contribution < -0.4 is 5.32 Å². The number of aromatic nitrogens is 3. The number of hydrogen-bond donors (Lipinski definition) is 2. The van der Waals surface area contributed by atoms with E-state index < -0.39 is 0 Å². The molecule has 21 heavy (non-hydrogen) atoms. The number of thiazole rings is 1. The highest BCUT2D eigenvalue weighted by Crippen LogP contribution is 2.26. The summed E-state index contributed by atoms with van der Waals surface area (Å²) in [6.07, 6.45) is 1.52. The first-order valence-corrected chi connectivity index (χ1v) is 7.90. The van der Waals surface area contributed by atoms with Gasteiger partial charge in [0.25, 0.3) is 5.91 Å². The van der Waals surface area contributed by atoms with Crippen LogP contribution in [-0.2, 0) is 0 Å². The van der Waals surface area contributed by atoms with Gasteiger partial charge in [-0.05, 0) is 28.1 Å². The zero-order chi connectivity index (χ0) is 14.8. The van der Waals surface area contributed by atoms with E-state index in [1.54, 1.807) is 12.1 Å². The summed E-state index contributed by atoms with van der Waals surface area (Å²) in [5.74, 6) is -0.295. The first-order valence-electron chi connectivity index (χ1n) is 5.85. The van der Waals surface area contributed by atoms with E-state index in [4.69, 9.17) is 11.6 Å². The van der Waals surface area contributed by atoms with Crippen molar-refractivity contribution in [2.45, 2.75) is 0 Å². The number of halogens is 2. The topological polar surface area (TPSA) is 70.7 Å². The molecular formula is C13H8BrClN4OS. The van der Waals surface area contributed by atoms with Crippen LogP contribution in [0.2, 0.25) is 5.02 Å². The Morgan fingerprint density at radius 1 is 1.33 bits per heavy atom. The van der Waals surface area contributed by atoms with Gasteiger partial charge >= 0.3 is 0 Å². The van der Waals surface area contributed by atoms with Crippen LogP contribution in [0.5, 0.6) is 0 Å². The van der Waals surface area contributed by atoms with E-state index in [1.807, 2.05) is 17.5 Å². The van der Waals surface area contributed by atoms with Crippen LogP contribution in [0.15, 0.2) is 40.3 Å². The van der Waals surface area contributed by atoms with Gasteiger partial charge in [-0.1, -0.05) is 23.7 Å². The molecule has 0 saturated heterocycles. The van der Waals surface area contributed by atoms with Gasteiger partial charge in [0.05, 0.1) is 16.4 Å². The van der Waals surface area contributed by atoms with Crippen LogP contribution in [-0.4, -0.2) is 21.1 Å². The molecular weight excluding hydrogens is 376 g/mol. The maximum absolute atomic E-state index is 12.0. The highest BCUT2D eigenvalue weighted by atomic mass is 79.9. The normalized spacial score (nSPS) is 10.6. The molecule has 0 bridgehead atoms. The van der Waals surface area contributed by atoms with Gasteiger partial charge in [0, 0.05) is 16.0 Å². The second kappa shape index (κ2) is 5.97. The standard InChI is InChI=1S/C13H8BrClN4OS/c14-9-5-16-19-11(9)12(20)18-13-17-10(6-21-13)7-1-3-8(15)4-2-7/h1-6H,(H,16,19)(H,17,18,20). The Bertz CT molecular complexity index is 784. The average Bonchev–Trinajstić information content (AvgIpc) is 3.09. The van der Waals surface area contributed by atoms with E-state index in [-0.39, 0.29) is 5.91 Å². The summed E-state index contributed by atoms with van der Waals surface area (Å²) in [5.41, 5.74) is 2.09. The van der Waals surface area contributed by atoms with Crippen molar-refractivity contribution in [1.29, 1.82) is 0 Å². The van der Waals surface area contributed by atoms with Crippen LogP contribution >= 0.6 is 38.9 Å². The summed E-state index contributed by atoms with van der Waals surface area (Å²) in [5, 5.41) is 12.2. The first kappa shape index (κ1) is 14.2. The van der Waals surface area contributed by atoms with Gasteiger partial charge in [-0.2, -0.15) is 5.10 Å². The van der Waals surface area contributed by atoms with Crippen molar-refractivity contribution >= 4 is 49.9 Å². The highest BCUT2D eigenvalue weighted by molar-refractivity contribution is 9.10. The van der Waals surface area contributed by atoms with E-state index in [2.05, 4.69) is 36.4 Å². The number of nitrogens with zero attached hydrogens (tertiary/aromatic N) is 2. The van der Waals surface area contributed by atoms with Crippen molar-refractivity contribution in [1.82, 2.24) is 15.2 Å². The summed E-state index contributed by atoms with van der Waals surface area (Å²) in [6.45, 7) is 0. The van der Waals surface area contributed by atoms with Crippen LogP contribution in [0.3, 0.4) is 0 Å². The summed E-state index contributed by atoms with van der Waals surface area (Å²) < 4.78 is 0.606. The van der Waals surface area contributed by atoms with Crippen LogP contribution in [0, 0.1) is 0 Å². The number of carbonyl (C=O) groups is 1. The summed E-state index contributed by atoms with van der Waals surface area (Å²) >= 11 is 10.5. The Hall–Kier alpha value is -1.70. The fourth-order valence-electron chi connectivity index (χ4n) is 1.67. The molecule has 0 saturated carbocycles. The maximum Gasteiger partial charge on any atom is 0.276 e. The second-order valence-corrected chi connectivity index (χ2v) is 6.24. The summed E-state index contributed by atoms with van der Waals surface area (Å²) in [7, 11) is 0. The molecule has 0 unspecified atom stereocenters. The number of rotatable bonds is 3. The minimum atomic E-state index is -0.295. The number of hydrogen-bond acceptors (Lipinski definition) is 4. The molecule has 0 radical (unpaired) electrons. The van der Waals surface area contributed by atoms with Gasteiger partial charge in [0.1, 0.15) is 5.69 Å². The minimum Gasteiger partial charge on any atom is -0.296 e. The van der Waals surface area contributed by atoms with E-state index in [1.165, 1.54) is 17.5 Å². The Kier molecular flexibility index (Phi) is 4.05. The summed E-state index contributed by atoms with van der Waals surface area (Å²) in [4.78, 5) is 16.4. The molecule has 2 heterocycles. The fraction of sp³-hybridized carbons (Fsp3) is 0. The van der Waals surface area contributed by atoms with Crippen LogP contribution in [0.4, 0.5) is 5.13 Å². The third-order valence-electron chi connectivity index (χ3n) is 2.68. The number of aromatic amines is 1. The molecule has 0 spiro atoms. The minimum absolute atomic E-state index is 0.295. The number of amides is 1. The molecule has 0 aliphatic heterocycles. The fourth-order valence-corrected chi connectivity index (χ4v) is 2.89. The SMILES string of the molecule is O=C(Nc1nc(-c2ccc(Cl)cc2)cs1)c1[nH]ncc1Br. The smallest absolute Gasteiger partial charge is 0.276 e. The molecule has 0 atom stereocenters. The molecule has 2 N–H and O–H groups in total. The third kappa shape index (κ3) is 3.15. The average molecular weight is 384 g/mol.